The molecule has 24 heavy (non-hydrogen) atoms. The maximum absolute atomic E-state index is 12.4. The average Bonchev–Trinajstić information content (AvgIpc) is 2.50. The van der Waals surface area contributed by atoms with Crippen LogP contribution < -0.4 is 16.4 Å². The maximum atomic E-state index is 12.4. The molecule has 4 N–H and O–H groups in total. The van der Waals surface area contributed by atoms with E-state index >= 15 is 0 Å². The molecule has 0 bridgehead atoms. The molecule has 0 spiro atoms. The Kier molecular flexibility index (Phi) is 8.37. The van der Waals surface area contributed by atoms with Crippen molar-refractivity contribution in [3.05, 3.63) is 23.9 Å². The van der Waals surface area contributed by atoms with Gasteiger partial charge in [0.15, 0.2) is 0 Å². The van der Waals surface area contributed by atoms with Crippen molar-refractivity contribution in [3.8, 4) is 0 Å². The van der Waals surface area contributed by atoms with E-state index in [1.807, 2.05) is 0 Å². The number of primary amides is 1. The number of hydrogen-bond acceptors (Lipinski definition) is 5. The van der Waals surface area contributed by atoms with Crippen LogP contribution in [-0.2, 0) is 15.8 Å². The molecular formula is C14H19F3N4O2S. The third kappa shape index (κ3) is 8.61. The number of pyridine rings is 1. The van der Waals surface area contributed by atoms with Crippen molar-refractivity contribution in [3.63, 3.8) is 0 Å². The Morgan fingerprint density at radius 1 is 1.25 bits per heavy atom. The molecule has 0 aliphatic carbocycles. The number of thioether (sulfide) groups is 1. The zero-order valence-electron chi connectivity index (χ0n) is 12.9. The lowest BCUT2D eigenvalue weighted by Crippen LogP contribution is -2.26. The second-order valence-electron chi connectivity index (χ2n) is 4.83. The minimum absolute atomic E-state index is 0.125. The number of alkyl halides is 3. The van der Waals surface area contributed by atoms with E-state index in [2.05, 4.69) is 15.6 Å². The lowest BCUT2D eigenvalue weighted by molar-refractivity contribution is -0.137. The van der Waals surface area contributed by atoms with E-state index in [0.29, 0.717) is 37.5 Å². The Bertz CT molecular complexity index is 538. The number of anilines is 1. The number of carbonyl (C=O) groups is 2. The molecule has 6 nitrogen and oxygen atoms in total. The van der Waals surface area contributed by atoms with Gasteiger partial charge in [-0.15, -0.1) is 0 Å². The molecule has 134 valence electrons. The number of nitrogens with zero attached hydrogens (tertiary/aromatic N) is 1. The van der Waals surface area contributed by atoms with E-state index in [-0.39, 0.29) is 11.7 Å². The van der Waals surface area contributed by atoms with Crippen LogP contribution >= 0.6 is 11.8 Å². The van der Waals surface area contributed by atoms with E-state index in [0.717, 1.165) is 12.3 Å². The molecule has 1 rings (SSSR count). The zero-order chi connectivity index (χ0) is 18.0. The second-order valence-corrected chi connectivity index (χ2v) is 5.93. The quantitative estimate of drug-likeness (QED) is 0.548. The third-order valence-corrected chi connectivity index (χ3v) is 3.77. The normalized spacial score (nSPS) is 11.1. The number of rotatable bonds is 10. The number of aromatic nitrogens is 1. The van der Waals surface area contributed by atoms with Crippen LogP contribution in [0.3, 0.4) is 0 Å². The summed E-state index contributed by atoms with van der Waals surface area (Å²) in [5.41, 5.74) is 4.18. The molecular weight excluding hydrogens is 345 g/mol. The van der Waals surface area contributed by atoms with Crippen molar-refractivity contribution >= 4 is 29.4 Å². The van der Waals surface area contributed by atoms with Crippen molar-refractivity contribution in [2.75, 3.05) is 29.9 Å². The topological polar surface area (TPSA) is 97.1 Å². The van der Waals surface area contributed by atoms with Gasteiger partial charge in [-0.1, -0.05) is 0 Å². The van der Waals surface area contributed by atoms with Crippen LogP contribution in [0, 0.1) is 0 Å². The highest BCUT2D eigenvalue weighted by atomic mass is 32.2. The first kappa shape index (κ1) is 20.1. The first-order chi connectivity index (χ1) is 11.3. The summed E-state index contributed by atoms with van der Waals surface area (Å²) in [5.74, 6) is 0.514. The summed E-state index contributed by atoms with van der Waals surface area (Å²) in [6.07, 6.45) is -2.73. The summed E-state index contributed by atoms with van der Waals surface area (Å²) in [7, 11) is 0. The Labute approximate surface area is 141 Å². The zero-order valence-corrected chi connectivity index (χ0v) is 13.7. The maximum Gasteiger partial charge on any atom is 0.417 e. The first-order valence-corrected chi connectivity index (χ1v) is 8.34. The van der Waals surface area contributed by atoms with Crippen molar-refractivity contribution in [1.29, 1.82) is 0 Å². The van der Waals surface area contributed by atoms with Gasteiger partial charge in [-0.2, -0.15) is 24.9 Å². The van der Waals surface area contributed by atoms with E-state index < -0.39 is 17.6 Å². The van der Waals surface area contributed by atoms with Crippen LogP contribution in [0.15, 0.2) is 18.3 Å². The number of amides is 2. The highest BCUT2D eigenvalue weighted by Gasteiger charge is 2.30. The highest BCUT2D eigenvalue weighted by Crippen LogP contribution is 2.28. The molecule has 0 radical (unpaired) electrons. The molecule has 0 aliphatic heterocycles. The van der Waals surface area contributed by atoms with Crippen molar-refractivity contribution in [2.24, 2.45) is 5.73 Å². The van der Waals surface area contributed by atoms with E-state index in [4.69, 9.17) is 5.73 Å². The molecule has 1 aromatic heterocycles. The van der Waals surface area contributed by atoms with Crippen LogP contribution in [0.25, 0.3) is 0 Å². The molecule has 2 amide bonds. The summed E-state index contributed by atoms with van der Waals surface area (Å²) in [6.45, 7) is 0.905. The van der Waals surface area contributed by atoms with Gasteiger partial charge < -0.3 is 16.4 Å². The van der Waals surface area contributed by atoms with E-state index in [9.17, 15) is 22.8 Å². The van der Waals surface area contributed by atoms with Gasteiger partial charge in [-0.05, 0) is 18.6 Å². The number of nitrogens with one attached hydrogen (secondary N) is 2. The standard InChI is InChI=1S/C14H19F3N4O2S/c15-14(16,17)10-2-3-12(21-8-10)19-5-1-6-20-13(23)4-7-24-9-11(18)22/h2-3,8H,1,4-7,9H2,(H2,18,22)(H,19,21)(H,20,23). The van der Waals surface area contributed by atoms with Crippen LogP contribution in [0.4, 0.5) is 19.0 Å². The average molecular weight is 364 g/mol. The van der Waals surface area contributed by atoms with Crippen LogP contribution in [0.5, 0.6) is 0 Å². The largest absolute Gasteiger partial charge is 0.417 e. The van der Waals surface area contributed by atoms with Gasteiger partial charge in [0.05, 0.1) is 11.3 Å². The molecule has 0 aliphatic rings. The van der Waals surface area contributed by atoms with Crippen molar-refractivity contribution < 1.29 is 22.8 Å². The van der Waals surface area contributed by atoms with E-state index in [1.54, 1.807) is 0 Å². The third-order valence-electron chi connectivity index (χ3n) is 2.79. The van der Waals surface area contributed by atoms with Gasteiger partial charge in [0.25, 0.3) is 0 Å². The van der Waals surface area contributed by atoms with Gasteiger partial charge >= 0.3 is 6.18 Å². The fourth-order valence-electron chi connectivity index (χ4n) is 1.62. The van der Waals surface area contributed by atoms with E-state index in [1.165, 1.54) is 17.8 Å². The predicted molar refractivity (Wildman–Crippen MR) is 86.5 cm³/mol. The molecule has 10 heteroatoms. The number of halogens is 3. The fraction of sp³-hybridized carbons (Fsp3) is 0.500. The van der Waals surface area contributed by atoms with Crippen LogP contribution in [0.1, 0.15) is 18.4 Å². The molecule has 0 fully saturated rings. The molecule has 1 heterocycles. The summed E-state index contributed by atoms with van der Waals surface area (Å²) in [5, 5.41) is 5.59. The number of carbonyl (C=O) groups excluding carboxylic acids is 2. The van der Waals surface area contributed by atoms with Gasteiger partial charge in [-0.3, -0.25) is 9.59 Å². The minimum Gasteiger partial charge on any atom is -0.370 e. The monoisotopic (exact) mass is 364 g/mol. The lowest BCUT2D eigenvalue weighted by Gasteiger charge is -2.09. The Hall–Kier alpha value is -1.97. The lowest BCUT2D eigenvalue weighted by atomic mass is 10.3. The fourth-order valence-corrected chi connectivity index (χ4v) is 2.30. The smallest absolute Gasteiger partial charge is 0.370 e. The first-order valence-electron chi connectivity index (χ1n) is 7.19. The molecule has 1 aromatic rings. The second kappa shape index (κ2) is 10.0. The van der Waals surface area contributed by atoms with Gasteiger partial charge in [-0.25, -0.2) is 4.98 Å². The number of hydrogen-bond donors (Lipinski definition) is 3. The minimum atomic E-state index is -4.40. The van der Waals surface area contributed by atoms with Crippen LogP contribution in [0.2, 0.25) is 0 Å². The molecule has 0 aromatic carbocycles. The highest BCUT2D eigenvalue weighted by molar-refractivity contribution is 7.99. The predicted octanol–water partition coefficient (Wildman–Crippen LogP) is 1.63. The van der Waals surface area contributed by atoms with Crippen molar-refractivity contribution in [2.45, 2.75) is 19.0 Å². The molecule has 0 saturated carbocycles. The summed E-state index contributed by atoms with van der Waals surface area (Å²) < 4.78 is 37.1. The number of nitrogens with two attached hydrogens (primary N) is 1. The van der Waals surface area contributed by atoms with Gasteiger partial charge in [0.2, 0.25) is 11.8 Å². The summed E-state index contributed by atoms with van der Waals surface area (Å²) in [6, 6.07) is 2.22. The molecule has 0 atom stereocenters. The molecule has 0 saturated heterocycles. The van der Waals surface area contributed by atoms with Crippen molar-refractivity contribution in [1.82, 2.24) is 10.3 Å². The summed E-state index contributed by atoms with van der Waals surface area (Å²) in [4.78, 5) is 25.7. The Morgan fingerprint density at radius 2 is 2.00 bits per heavy atom. The Morgan fingerprint density at radius 3 is 2.58 bits per heavy atom. The Balaban J connectivity index is 2.11. The SMILES string of the molecule is NC(=O)CSCCC(=O)NCCCNc1ccc(C(F)(F)F)cn1. The van der Waals surface area contributed by atoms with Gasteiger partial charge in [0.1, 0.15) is 5.82 Å². The van der Waals surface area contributed by atoms with Crippen LogP contribution in [-0.4, -0.2) is 41.4 Å². The summed E-state index contributed by atoms with van der Waals surface area (Å²) >= 11 is 1.30. The van der Waals surface area contributed by atoms with Gasteiger partial charge in [0, 0.05) is 31.5 Å². The molecule has 0 unspecified atom stereocenters.